The molecule has 2 heterocycles. The lowest BCUT2D eigenvalue weighted by molar-refractivity contribution is 0.102. The van der Waals surface area contributed by atoms with E-state index in [1.165, 1.54) is 37.8 Å². The van der Waals surface area contributed by atoms with E-state index < -0.39 is 0 Å². The molecular weight excluding hydrogens is 306 g/mol. The van der Waals surface area contributed by atoms with Gasteiger partial charge in [0, 0.05) is 17.7 Å². The minimum Gasteiger partial charge on any atom is -0.342 e. The molecule has 1 aromatic carbocycles. The molecule has 1 fully saturated rings. The van der Waals surface area contributed by atoms with E-state index in [0.717, 1.165) is 16.9 Å². The van der Waals surface area contributed by atoms with Crippen LogP contribution in [0.2, 0.25) is 0 Å². The lowest BCUT2D eigenvalue weighted by Crippen LogP contribution is -2.17. The van der Waals surface area contributed by atoms with Gasteiger partial charge in [0.15, 0.2) is 0 Å². The Morgan fingerprint density at radius 3 is 2.75 bits per heavy atom. The van der Waals surface area contributed by atoms with Crippen molar-refractivity contribution in [2.75, 3.05) is 5.32 Å². The Balaban J connectivity index is 1.56. The number of hydrogen-bond acceptors (Lipinski definition) is 4. The largest absolute Gasteiger partial charge is 0.342 e. The summed E-state index contributed by atoms with van der Waals surface area (Å²) < 4.78 is 0. The predicted molar refractivity (Wildman–Crippen MR) is 90.1 cm³/mol. The number of aromatic nitrogens is 4. The van der Waals surface area contributed by atoms with E-state index in [-0.39, 0.29) is 17.2 Å². The van der Waals surface area contributed by atoms with Gasteiger partial charge in [-0.05, 0) is 37.1 Å². The number of hydrogen-bond donors (Lipinski definition) is 3. The van der Waals surface area contributed by atoms with E-state index in [1.807, 2.05) is 18.2 Å². The Labute approximate surface area is 137 Å². The Morgan fingerprint density at radius 2 is 2.00 bits per heavy atom. The molecule has 7 heteroatoms. The number of amides is 1. The molecule has 122 valence electrons. The summed E-state index contributed by atoms with van der Waals surface area (Å²) in [7, 11) is 0. The van der Waals surface area contributed by atoms with E-state index in [4.69, 9.17) is 0 Å². The molecular formula is C17H17N5O2. The van der Waals surface area contributed by atoms with Crippen LogP contribution >= 0.6 is 0 Å². The summed E-state index contributed by atoms with van der Waals surface area (Å²) in [5.41, 5.74) is 2.28. The minimum atomic E-state index is -0.374. The van der Waals surface area contributed by atoms with Crippen LogP contribution < -0.4 is 10.9 Å². The van der Waals surface area contributed by atoms with Crippen molar-refractivity contribution in [1.82, 2.24) is 20.2 Å². The molecule has 3 N–H and O–H groups in total. The molecule has 0 atom stereocenters. The number of carbonyl (C=O) groups excluding carboxylic acids is 1. The zero-order chi connectivity index (χ0) is 16.5. The summed E-state index contributed by atoms with van der Waals surface area (Å²) in [6.07, 6.45) is 4.88. The summed E-state index contributed by atoms with van der Waals surface area (Å²) in [5, 5.41) is 8.75. The Bertz CT molecular complexity index is 933. The molecule has 7 nitrogen and oxygen atoms in total. The summed E-state index contributed by atoms with van der Waals surface area (Å²) in [6.45, 7) is 0. The fraction of sp³-hybridized carbons (Fsp3) is 0.294. The number of anilines is 1. The SMILES string of the molecule is O=C(Nc1ccc2nc(C3CCCC3)[nH]c2c1)c1ccc(=O)[nH]n1. The number of fused-ring (bicyclic) bond motifs is 1. The highest BCUT2D eigenvalue weighted by Crippen LogP contribution is 2.33. The van der Waals surface area contributed by atoms with Crippen LogP contribution in [-0.2, 0) is 0 Å². The van der Waals surface area contributed by atoms with Gasteiger partial charge >= 0.3 is 0 Å². The quantitative estimate of drug-likeness (QED) is 0.689. The number of nitrogens with one attached hydrogen (secondary N) is 3. The van der Waals surface area contributed by atoms with Crippen LogP contribution in [0.3, 0.4) is 0 Å². The summed E-state index contributed by atoms with van der Waals surface area (Å²) >= 11 is 0. The monoisotopic (exact) mass is 323 g/mol. The molecule has 0 bridgehead atoms. The molecule has 1 amide bonds. The van der Waals surface area contributed by atoms with Gasteiger partial charge in [0.2, 0.25) is 0 Å². The predicted octanol–water partition coefficient (Wildman–Crippen LogP) is 2.56. The molecule has 1 saturated carbocycles. The first-order chi connectivity index (χ1) is 11.7. The number of imidazole rings is 1. The van der Waals surface area contributed by atoms with Gasteiger partial charge < -0.3 is 10.3 Å². The maximum atomic E-state index is 12.2. The van der Waals surface area contributed by atoms with Crippen LogP contribution in [0.1, 0.15) is 47.9 Å². The summed E-state index contributed by atoms with van der Waals surface area (Å²) in [4.78, 5) is 31.2. The van der Waals surface area contributed by atoms with Crippen molar-refractivity contribution in [1.29, 1.82) is 0 Å². The second kappa shape index (κ2) is 5.92. The van der Waals surface area contributed by atoms with Gasteiger partial charge in [0.25, 0.3) is 11.5 Å². The van der Waals surface area contributed by atoms with Crippen molar-refractivity contribution >= 4 is 22.6 Å². The van der Waals surface area contributed by atoms with E-state index in [1.54, 1.807) is 0 Å². The van der Waals surface area contributed by atoms with Crippen LogP contribution in [0.5, 0.6) is 0 Å². The summed E-state index contributed by atoms with van der Waals surface area (Å²) in [6, 6.07) is 8.23. The highest BCUT2D eigenvalue weighted by atomic mass is 16.2. The number of carbonyl (C=O) groups is 1. The van der Waals surface area contributed by atoms with Crippen molar-refractivity contribution in [3.63, 3.8) is 0 Å². The van der Waals surface area contributed by atoms with Crippen molar-refractivity contribution < 1.29 is 4.79 Å². The maximum Gasteiger partial charge on any atom is 0.276 e. The lowest BCUT2D eigenvalue weighted by Gasteiger charge is -2.04. The number of aromatic amines is 2. The first kappa shape index (κ1) is 14.6. The molecule has 0 aliphatic heterocycles. The molecule has 0 saturated heterocycles. The fourth-order valence-corrected chi connectivity index (χ4v) is 3.17. The summed E-state index contributed by atoms with van der Waals surface area (Å²) in [5.74, 6) is 1.18. The van der Waals surface area contributed by atoms with Gasteiger partial charge in [0.1, 0.15) is 11.5 Å². The Kier molecular flexibility index (Phi) is 3.60. The highest BCUT2D eigenvalue weighted by Gasteiger charge is 2.20. The fourth-order valence-electron chi connectivity index (χ4n) is 3.17. The van der Waals surface area contributed by atoms with Gasteiger partial charge in [-0.15, -0.1) is 0 Å². The smallest absolute Gasteiger partial charge is 0.276 e. The molecule has 0 unspecified atom stereocenters. The minimum absolute atomic E-state index is 0.158. The third-order valence-electron chi connectivity index (χ3n) is 4.41. The maximum absolute atomic E-state index is 12.2. The molecule has 1 aliphatic rings. The number of rotatable bonds is 3. The van der Waals surface area contributed by atoms with Crippen LogP contribution in [0, 0.1) is 0 Å². The highest BCUT2D eigenvalue weighted by molar-refractivity contribution is 6.03. The van der Waals surface area contributed by atoms with Gasteiger partial charge in [-0.1, -0.05) is 12.8 Å². The van der Waals surface area contributed by atoms with Gasteiger partial charge in [-0.2, -0.15) is 5.10 Å². The normalized spacial score (nSPS) is 15.0. The molecule has 2 aromatic heterocycles. The second-order valence-electron chi connectivity index (χ2n) is 6.10. The van der Waals surface area contributed by atoms with Crippen LogP contribution in [0.25, 0.3) is 11.0 Å². The molecule has 1 aliphatic carbocycles. The number of benzene rings is 1. The number of H-pyrrole nitrogens is 2. The van der Waals surface area contributed by atoms with Crippen LogP contribution in [-0.4, -0.2) is 26.1 Å². The average Bonchev–Trinajstić information content (AvgIpc) is 3.24. The van der Waals surface area contributed by atoms with E-state index >= 15 is 0 Å². The van der Waals surface area contributed by atoms with Crippen molar-refractivity contribution in [3.05, 3.63) is 52.2 Å². The van der Waals surface area contributed by atoms with Crippen molar-refractivity contribution in [2.45, 2.75) is 31.6 Å². The third-order valence-corrected chi connectivity index (χ3v) is 4.41. The van der Waals surface area contributed by atoms with Crippen LogP contribution in [0.4, 0.5) is 5.69 Å². The standard InChI is InChI=1S/C17H17N5O2/c23-15-8-7-13(21-22-15)17(24)18-11-5-6-12-14(9-11)20-16(19-12)10-3-1-2-4-10/h5-10H,1-4H2,(H,18,24)(H,19,20)(H,22,23). The van der Waals surface area contributed by atoms with Gasteiger partial charge in [-0.3, -0.25) is 9.59 Å². The first-order valence-electron chi connectivity index (χ1n) is 8.06. The van der Waals surface area contributed by atoms with Crippen molar-refractivity contribution in [2.24, 2.45) is 0 Å². The molecule has 4 rings (SSSR count). The zero-order valence-electron chi connectivity index (χ0n) is 13.0. The number of nitrogens with zero attached hydrogens (tertiary/aromatic N) is 2. The molecule has 0 spiro atoms. The second-order valence-corrected chi connectivity index (χ2v) is 6.10. The zero-order valence-corrected chi connectivity index (χ0v) is 13.0. The first-order valence-corrected chi connectivity index (χ1v) is 8.06. The topological polar surface area (TPSA) is 104 Å². The Hall–Kier alpha value is -2.96. The Morgan fingerprint density at radius 1 is 1.17 bits per heavy atom. The molecule has 3 aromatic rings. The van der Waals surface area contributed by atoms with Gasteiger partial charge in [0.05, 0.1) is 11.0 Å². The van der Waals surface area contributed by atoms with E-state index in [9.17, 15) is 9.59 Å². The molecule has 24 heavy (non-hydrogen) atoms. The average molecular weight is 323 g/mol. The molecule has 0 radical (unpaired) electrons. The van der Waals surface area contributed by atoms with E-state index in [0.29, 0.717) is 11.6 Å². The van der Waals surface area contributed by atoms with Gasteiger partial charge in [-0.25, -0.2) is 10.1 Å². The lowest BCUT2D eigenvalue weighted by atomic mass is 10.1. The van der Waals surface area contributed by atoms with E-state index in [2.05, 4.69) is 25.5 Å². The van der Waals surface area contributed by atoms with Crippen molar-refractivity contribution in [3.8, 4) is 0 Å². The van der Waals surface area contributed by atoms with Crippen LogP contribution in [0.15, 0.2) is 35.1 Å². The third kappa shape index (κ3) is 2.80.